The van der Waals surface area contributed by atoms with Gasteiger partial charge in [-0.25, -0.2) is 0 Å². The fourth-order valence-corrected chi connectivity index (χ4v) is 8.68. The molecule has 0 radical (unpaired) electrons. The zero-order valence-electron chi connectivity index (χ0n) is 41.1. The van der Waals surface area contributed by atoms with E-state index in [0.29, 0.717) is 0 Å². The second kappa shape index (κ2) is 21.6. The predicted molar refractivity (Wildman–Crippen MR) is 258 cm³/mol. The van der Waals surface area contributed by atoms with E-state index in [0.717, 1.165) is 142 Å². The van der Waals surface area contributed by atoms with Gasteiger partial charge in [0.25, 0.3) is 0 Å². The summed E-state index contributed by atoms with van der Waals surface area (Å²) in [5, 5.41) is 0. The van der Waals surface area contributed by atoms with Crippen molar-refractivity contribution >= 4 is 25.2 Å². The smallest absolute Gasteiger partial charge is 0.399 e. The second-order valence-corrected chi connectivity index (χ2v) is 21.0. The van der Waals surface area contributed by atoms with Crippen molar-refractivity contribution in [1.29, 1.82) is 0 Å². The minimum absolute atomic E-state index is 0.369. The van der Waals surface area contributed by atoms with Gasteiger partial charge in [-0.15, -0.1) is 0 Å². The largest absolute Gasteiger partial charge is 0.495 e. The molecule has 0 aromatic heterocycles. The Labute approximate surface area is 378 Å². The van der Waals surface area contributed by atoms with Crippen molar-refractivity contribution in [2.24, 2.45) is 0 Å². The van der Waals surface area contributed by atoms with E-state index in [1.807, 2.05) is 0 Å². The van der Waals surface area contributed by atoms with Crippen LogP contribution in [0.25, 0.3) is 0 Å². The van der Waals surface area contributed by atoms with Crippen LogP contribution in [0.2, 0.25) is 0 Å². The molecule has 0 amide bonds. The molecule has 7 rings (SSSR count). The van der Waals surface area contributed by atoms with Crippen LogP contribution in [0.5, 0.6) is 0 Å². The standard InChI is InChI=1S/C48H84B2N8O4/c1-45(2)46(3,4)60-49(59-45)43-19-15-13-17-41(43)39-57-33-27-53(11)25-32-56-30-24-52(10)22-21-51(9)23-29-55(35-37-57)31-26-54(12)28-34-58(38-36-56)40-42-18-14-16-20-44(42)50-61-47(5,6)48(7,8)62-50/h13-20H,21-40H2,1-12H3. The predicted octanol–water partition coefficient (Wildman–Crippen LogP) is 2.95. The monoisotopic (exact) mass is 859 g/mol. The first-order valence-electron chi connectivity index (χ1n) is 23.8. The van der Waals surface area contributed by atoms with Gasteiger partial charge in [-0.1, -0.05) is 48.5 Å². The number of hydrogen-bond acceptors (Lipinski definition) is 12. The molecule has 0 spiro atoms. The molecule has 0 N–H and O–H groups in total. The number of likely N-dealkylation sites (N-methyl/N-ethyl adjacent to an activating group) is 4. The van der Waals surface area contributed by atoms with Gasteiger partial charge in [0.1, 0.15) is 0 Å². The highest BCUT2D eigenvalue weighted by atomic mass is 16.7. The van der Waals surface area contributed by atoms with E-state index >= 15 is 0 Å². The lowest BCUT2D eigenvalue weighted by Crippen LogP contribution is -2.48. The van der Waals surface area contributed by atoms with Crippen molar-refractivity contribution in [2.75, 3.05) is 146 Å². The molecule has 2 bridgehead atoms. The molecule has 0 saturated carbocycles. The molecule has 346 valence electrons. The van der Waals surface area contributed by atoms with Gasteiger partial charge in [0.05, 0.1) is 22.4 Å². The van der Waals surface area contributed by atoms with Crippen molar-refractivity contribution in [1.82, 2.24) is 39.2 Å². The minimum atomic E-state index is -0.378. The third kappa shape index (κ3) is 13.3. The van der Waals surface area contributed by atoms with Gasteiger partial charge >= 0.3 is 14.2 Å². The van der Waals surface area contributed by atoms with Gasteiger partial charge < -0.3 is 38.2 Å². The van der Waals surface area contributed by atoms with Gasteiger partial charge in [0.15, 0.2) is 0 Å². The van der Waals surface area contributed by atoms with E-state index in [2.05, 4.69) is 171 Å². The molecule has 5 aliphatic rings. The van der Waals surface area contributed by atoms with Crippen LogP contribution in [0.1, 0.15) is 66.5 Å². The molecule has 5 saturated heterocycles. The molecule has 12 nitrogen and oxygen atoms in total. The fraction of sp³-hybridized carbons (Fsp3) is 0.750. The Morgan fingerprint density at radius 3 is 0.935 bits per heavy atom. The Bertz CT molecular complexity index is 1550. The van der Waals surface area contributed by atoms with Gasteiger partial charge in [-0.3, -0.25) is 19.6 Å². The first kappa shape index (κ1) is 49.5. The summed E-state index contributed by atoms with van der Waals surface area (Å²) in [5.41, 5.74) is 3.38. The number of nitrogens with zero attached hydrogens (tertiary/aromatic N) is 8. The van der Waals surface area contributed by atoms with Gasteiger partial charge in [0, 0.05) is 131 Å². The van der Waals surface area contributed by atoms with Crippen LogP contribution in [-0.4, -0.2) is 222 Å². The van der Waals surface area contributed by atoms with Crippen LogP contribution < -0.4 is 10.9 Å². The fourth-order valence-electron chi connectivity index (χ4n) is 8.68. The quantitative estimate of drug-likeness (QED) is 0.402. The summed E-state index contributed by atoms with van der Waals surface area (Å²) in [5.74, 6) is 0. The van der Waals surface area contributed by atoms with Crippen molar-refractivity contribution in [3.05, 3.63) is 59.7 Å². The Kier molecular flexibility index (Phi) is 17.2. The maximum absolute atomic E-state index is 6.60. The first-order valence-corrected chi connectivity index (χ1v) is 23.8. The normalized spacial score (nSPS) is 27.7. The van der Waals surface area contributed by atoms with E-state index in [9.17, 15) is 0 Å². The molecule has 2 aromatic carbocycles. The summed E-state index contributed by atoms with van der Waals surface area (Å²) in [7, 11) is 8.49. The van der Waals surface area contributed by atoms with Crippen molar-refractivity contribution in [3.8, 4) is 0 Å². The number of hydrogen-bond donors (Lipinski definition) is 0. The van der Waals surface area contributed by atoms with E-state index in [4.69, 9.17) is 18.6 Å². The third-order valence-corrected chi connectivity index (χ3v) is 15.0. The highest BCUT2D eigenvalue weighted by molar-refractivity contribution is 6.63. The molecular weight excluding hydrogens is 774 g/mol. The molecule has 0 aliphatic carbocycles. The van der Waals surface area contributed by atoms with Crippen molar-refractivity contribution in [2.45, 2.75) is 90.9 Å². The Hall–Kier alpha value is -1.91. The SMILES string of the molecule is CN1CCN(C)CCN2CCN(C)CCN(Cc3ccccc3B3OC(C)(C)C(C)(C)O3)CCN(CC1)CCN(C)CCN(Cc1ccccc1B1OC(C)(C)C(C)(C)O1)CC2. The van der Waals surface area contributed by atoms with Crippen LogP contribution in [0.3, 0.4) is 0 Å². The van der Waals surface area contributed by atoms with E-state index in [1.54, 1.807) is 0 Å². The third-order valence-electron chi connectivity index (χ3n) is 15.0. The first-order chi connectivity index (χ1) is 29.3. The van der Waals surface area contributed by atoms with Crippen LogP contribution >= 0.6 is 0 Å². The zero-order valence-corrected chi connectivity index (χ0v) is 41.1. The molecular formula is C48H84B2N8O4. The minimum Gasteiger partial charge on any atom is -0.399 e. The molecule has 5 aliphatic heterocycles. The summed E-state index contributed by atoms with van der Waals surface area (Å²) < 4.78 is 26.4. The van der Waals surface area contributed by atoms with Gasteiger partial charge in [-0.05, 0) is 106 Å². The van der Waals surface area contributed by atoms with Crippen LogP contribution in [0.15, 0.2) is 48.5 Å². The molecule has 2 atom stereocenters. The average Bonchev–Trinajstić information content (AvgIpc) is 3.58. The summed E-state index contributed by atoms with van der Waals surface area (Å²) >= 11 is 0. The number of rotatable bonds is 6. The van der Waals surface area contributed by atoms with Crippen LogP contribution in [0, 0.1) is 0 Å². The average molecular weight is 859 g/mol. The molecule has 14 heteroatoms. The highest BCUT2D eigenvalue weighted by Crippen LogP contribution is 2.38. The Morgan fingerprint density at radius 1 is 0.371 bits per heavy atom. The van der Waals surface area contributed by atoms with Crippen LogP contribution in [0.4, 0.5) is 0 Å². The van der Waals surface area contributed by atoms with Crippen molar-refractivity contribution in [3.63, 3.8) is 0 Å². The van der Waals surface area contributed by atoms with E-state index < -0.39 is 0 Å². The summed E-state index contributed by atoms with van der Waals surface area (Å²) in [4.78, 5) is 21.0. The number of benzene rings is 2. The van der Waals surface area contributed by atoms with E-state index in [1.165, 1.54) is 11.1 Å². The molecule has 62 heavy (non-hydrogen) atoms. The zero-order chi connectivity index (χ0) is 44.7. The van der Waals surface area contributed by atoms with Crippen molar-refractivity contribution < 1.29 is 18.6 Å². The summed E-state index contributed by atoms with van der Waals surface area (Å²) in [6, 6.07) is 17.6. The highest BCUT2D eigenvalue weighted by Gasteiger charge is 2.53. The maximum atomic E-state index is 6.60. The van der Waals surface area contributed by atoms with Crippen LogP contribution in [-0.2, 0) is 31.7 Å². The molecule has 2 unspecified atom stereocenters. The summed E-state index contributed by atoms with van der Waals surface area (Å²) in [6.45, 7) is 37.5. The molecule has 5 fully saturated rings. The van der Waals surface area contributed by atoms with Gasteiger partial charge in [-0.2, -0.15) is 0 Å². The number of fused-ring (bicyclic) bond motifs is 21. The lowest BCUT2D eigenvalue weighted by molar-refractivity contribution is 0.00578. The Balaban J connectivity index is 1.22. The Morgan fingerprint density at radius 2 is 0.613 bits per heavy atom. The maximum Gasteiger partial charge on any atom is 0.495 e. The van der Waals surface area contributed by atoms with Gasteiger partial charge in [0.2, 0.25) is 0 Å². The lowest BCUT2D eigenvalue weighted by Gasteiger charge is -2.34. The summed E-state index contributed by atoms with van der Waals surface area (Å²) in [6.07, 6.45) is 0. The molecule has 5 heterocycles. The lowest BCUT2D eigenvalue weighted by atomic mass is 9.76. The second-order valence-electron chi connectivity index (χ2n) is 21.0. The topological polar surface area (TPSA) is 62.8 Å². The molecule has 2 aromatic rings. The van der Waals surface area contributed by atoms with E-state index in [-0.39, 0.29) is 36.6 Å².